The summed E-state index contributed by atoms with van der Waals surface area (Å²) in [7, 11) is 1.91. The molecule has 0 bridgehead atoms. The number of nitrogens with one attached hydrogen (secondary N) is 1. The molecule has 1 fully saturated rings. The van der Waals surface area contributed by atoms with Gasteiger partial charge in [0.05, 0.1) is 6.10 Å². The fraction of sp³-hybridized carbons (Fsp3) is 0.571. The van der Waals surface area contributed by atoms with Gasteiger partial charge in [-0.1, -0.05) is 25.0 Å². The molecule has 0 radical (unpaired) electrons. The Balaban J connectivity index is 0.00000162. The van der Waals surface area contributed by atoms with E-state index in [9.17, 15) is 10.2 Å². The topological polar surface area (TPSA) is 52.5 Å². The molecule has 1 aromatic carbocycles. The van der Waals surface area contributed by atoms with Crippen LogP contribution >= 0.6 is 12.4 Å². The fourth-order valence-electron chi connectivity index (χ4n) is 2.87. The van der Waals surface area contributed by atoms with E-state index in [1.165, 1.54) is 6.42 Å². The summed E-state index contributed by atoms with van der Waals surface area (Å²) in [6.45, 7) is 0. The van der Waals surface area contributed by atoms with Crippen molar-refractivity contribution in [2.24, 2.45) is 5.92 Å². The lowest BCUT2D eigenvalue weighted by Crippen LogP contribution is -2.35. The van der Waals surface area contributed by atoms with Gasteiger partial charge in [-0.05, 0) is 37.6 Å². The minimum absolute atomic E-state index is 0. The molecular formula is C14H22ClNO2. The fourth-order valence-corrected chi connectivity index (χ4v) is 2.87. The van der Waals surface area contributed by atoms with Gasteiger partial charge in [-0.15, -0.1) is 12.4 Å². The molecule has 0 saturated heterocycles. The first kappa shape index (κ1) is 15.3. The molecule has 18 heavy (non-hydrogen) atoms. The molecule has 0 aromatic heterocycles. The molecule has 0 aliphatic heterocycles. The van der Waals surface area contributed by atoms with Crippen LogP contribution in [0.3, 0.4) is 0 Å². The van der Waals surface area contributed by atoms with Gasteiger partial charge in [-0.3, -0.25) is 0 Å². The predicted octanol–water partition coefficient (Wildman–Crippen LogP) is 2.63. The first-order chi connectivity index (χ1) is 8.22. The summed E-state index contributed by atoms with van der Waals surface area (Å²) in [6.07, 6.45) is 4.00. The lowest BCUT2D eigenvalue weighted by molar-refractivity contribution is 0.0494. The van der Waals surface area contributed by atoms with Gasteiger partial charge < -0.3 is 15.5 Å². The van der Waals surface area contributed by atoms with Crippen LogP contribution in [0.1, 0.15) is 37.3 Å². The molecule has 3 N–H and O–H groups in total. The van der Waals surface area contributed by atoms with Gasteiger partial charge in [-0.2, -0.15) is 0 Å². The number of rotatable bonds is 3. The average molecular weight is 272 g/mol. The van der Waals surface area contributed by atoms with Crippen LogP contribution in [0.25, 0.3) is 0 Å². The molecule has 0 heterocycles. The van der Waals surface area contributed by atoms with Crippen molar-refractivity contribution in [1.29, 1.82) is 0 Å². The maximum Gasteiger partial charge on any atom is 0.115 e. The van der Waals surface area contributed by atoms with Crippen molar-refractivity contribution < 1.29 is 10.2 Å². The first-order valence-electron chi connectivity index (χ1n) is 6.36. The van der Waals surface area contributed by atoms with Crippen molar-refractivity contribution in [1.82, 2.24) is 5.32 Å². The number of aromatic hydroxyl groups is 1. The van der Waals surface area contributed by atoms with Crippen LogP contribution in [0.2, 0.25) is 0 Å². The summed E-state index contributed by atoms with van der Waals surface area (Å²) < 4.78 is 0. The highest BCUT2D eigenvalue weighted by atomic mass is 35.5. The molecule has 102 valence electrons. The molecule has 0 amide bonds. The number of halogens is 1. The normalized spacial score (nSPS) is 25.2. The lowest BCUT2D eigenvalue weighted by Gasteiger charge is -2.34. The summed E-state index contributed by atoms with van der Waals surface area (Å²) in [5, 5.41) is 22.9. The SMILES string of the molecule is CNC(c1cccc(O)c1)[C@H]1CCCC[C@@H]1O.Cl. The van der Waals surface area contributed by atoms with Crippen LogP contribution in [-0.4, -0.2) is 23.4 Å². The molecule has 1 aromatic rings. The van der Waals surface area contributed by atoms with Gasteiger partial charge in [0.1, 0.15) is 5.75 Å². The first-order valence-corrected chi connectivity index (χ1v) is 6.36. The smallest absolute Gasteiger partial charge is 0.115 e. The maximum atomic E-state index is 10.1. The third-order valence-corrected chi connectivity index (χ3v) is 3.75. The second-order valence-corrected chi connectivity index (χ2v) is 4.88. The summed E-state index contributed by atoms with van der Waals surface area (Å²) in [5.74, 6) is 0.531. The number of hydrogen-bond acceptors (Lipinski definition) is 3. The van der Waals surface area contributed by atoms with Crippen molar-refractivity contribution in [2.75, 3.05) is 7.05 Å². The van der Waals surface area contributed by atoms with Crippen LogP contribution < -0.4 is 5.32 Å². The van der Waals surface area contributed by atoms with E-state index in [2.05, 4.69) is 5.32 Å². The van der Waals surface area contributed by atoms with Gasteiger partial charge in [0.2, 0.25) is 0 Å². The molecular weight excluding hydrogens is 250 g/mol. The number of phenolic OH excluding ortho intramolecular Hbond substituents is 1. The monoisotopic (exact) mass is 271 g/mol. The van der Waals surface area contributed by atoms with Crippen molar-refractivity contribution in [3.05, 3.63) is 29.8 Å². The summed E-state index contributed by atoms with van der Waals surface area (Å²) in [4.78, 5) is 0. The van der Waals surface area contributed by atoms with Crippen molar-refractivity contribution in [3.63, 3.8) is 0 Å². The molecule has 1 aliphatic carbocycles. The molecule has 3 nitrogen and oxygen atoms in total. The number of hydrogen-bond donors (Lipinski definition) is 3. The molecule has 4 heteroatoms. The zero-order chi connectivity index (χ0) is 12.3. The largest absolute Gasteiger partial charge is 0.508 e. The van der Waals surface area contributed by atoms with E-state index in [0.29, 0.717) is 0 Å². The average Bonchev–Trinajstić information content (AvgIpc) is 2.33. The van der Waals surface area contributed by atoms with Crippen LogP contribution in [0.5, 0.6) is 5.75 Å². The number of aliphatic hydroxyl groups is 1. The van der Waals surface area contributed by atoms with Gasteiger partial charge in [0.15, 0.2) is 0 Å². The minimum Gasteiger partial charge on any atom is -0.508 e. The van der Waals surface area contributed by atoms with Crippen LogP contribution in [-0.2, 0) is 0 Å². The third-order valence-electron chi connectivity index (χ3n) is 3.75. The molecule has 0 spiro atoms. The zero-order valence-corrected chi connectivity index (χ0v) is 11.5. The second kappa shape index (κ2) is 6.98. The Morgan fingerprint density at radius 2 is 2.00 bits per heavy atom. The molecule has 3 atom stereocenters. The Hall–Kier alpha value is -0.770. The maximum absolute atomic E-state index is 10.1. The van der Waals surface area contributed by atoms with Crippen molar-refractivity contribution in [3.8, 4) is 5.75 Å². The van der Waals surface area contributed by atoms with E-state index in [-0.39, 0.29) is 36.2 Å². The summed E-state index contributed by atoms with van der Waals surface area (Å²) in [5.41, 5.74) is 1.05. The lowest BCUT2D eigenvalue weighted by atomic mass is 9.79. The molecule has 1 unspecified atom stereocenters. The Kier molecular flexibility index (Phi) is 5.93. The van der Waals surface area contributed by atoms with E-state index in [1.54, 1.807) is 12.1 Å². The molecule has 1 aliphatic rings. The number of benzene rings is 1. The van der Waals surface area contributed by atoms with E-state index in [1.807, 2.05) is 19.2 Å². The second-order valence-electron chi connectivity index (χ2n) is 4.88. The highest BCUT2D eigenvalue weighted by Crippen LogP contribution is 2.35. The Morgan fingerprint density at radius 3 is 2.61 bits per heavy atom. The summed E-state index contributed by atoms with van der Waals surface area (Å²) >= 11 is 0. The van der Waals surface area contributed by atoms with Gasteiger partial charge in [0, 0.05) is 12.0 Å². The quantitative estimate of drug-likeness (QED) is 0.792. The van der Waals surface area contributed by atoms with E-state index in [4.69, 9.17) is 0 Å². The van der Waals surface area contributed by atoms with Crippen LogP contribution in [0.4, 0.5) is 0 Å². The Morgan fingerprint density at radius 1 is 1.28 bits per heavy atom. The number of aliphatic hydroxyl groups excluding tert-OH is 1. The highest BCUT2D eigenvalue weighted by molar-refractivity contribution is 5.85. The Labute approximate surface area is 115 Å². The molecule has 2 rings (SSSR count). The standard InChI is InChI=1S/C14H21NO2.ClH/c1-15-14(10-5-4-6-11(16)9-10)12-7-2-3-8-13(12)17;/h4-6,9,12-17H,2-3,7-8H2,1H3;1H/t12-,13-,14?;/m0./s1. The van der Waals surface area contributed by atoms with E-state index in [0.717, 1.165) is 24.8 Å². The van der Waals surface area contributed by atoms with Gasteiger partial charge in [-0.25, -0.2) is 0 Å². The zero-order valence-electron chi connectivity index (χ0n) is 10.7. The van der Waals surface area contributed by atoms with Crippen molar-refractivity contribution >= 4 is 12.4 Å². The third kappa shape index (κ3) is 3.37. The Bertz CT molecular complexity index is 373. The van der Waals surface area contributed by atoms with E-state index < -0.39 is 0 Å². The van der Waals surface area contributed by atoms with E-state index >= 15 is 0 Å². The van der Waals surface area contributed by atoms with Gasteiger partial charge >= 0.3 is 0 Å². The minimum atomic E-state index is -0.233. The number of phenols is 1. The van der Waals surface area contributed by atoms with Crippen molar-refractivity contribution in [2.45, 2.75) is 37.8 Å². The summed E-state index contributed by atoms with van der Waals surface area (Å²) in [6, 6.07) is 7.43. The predicted molar refractivity (Wildman–Crippen MR) is 75.1 cm³/mol. The van der Waals surface area contributed by atoms with Crippen LogP contribution in [0.15, 0.2) is 24.3 Å². The highest BCUT2D eigenvalue weighted by Gasteiger charge is 2.30. The van der Waals surface area contributed by atoms with Crippen LogP contribution in [0, 0.1) is 5.92 Å². The molecule has 1 saturated carbocycles. The van der Waals surface area contributed by atoms with Gasteiger partial charge in [0.25, 0.3) is 0 Å².